The van der Waals surface area contributed by atoms with E-state index in [0.29, 0.717) is 28.4 Å². The molecule has 1 atom stereocenters. The van der Waals surface area contributed by atoms with Crippen LogP contribution in [0.3, 0.4) is 0 Å². The highest BCUT2D eigenvalue weighted by Gasteiger charge is 2.30. The molecule has 0 saturated heterocycles. The van der Waals surface area contributed by atoms with Crippen LogP contribution in [0.1, 0.15) is 50.1 Å². The SMILES string of the molecule is Cc1ccc(-n2ncc3c(=O)n4c(nc32)SCC4CC(=O)NC2CCCCC2)cc1. The predicted molar refractivity (Wildman–Crippen MR) is 117 cm³/mol. The van der Waals surface area contributed by atoms with Gasteiger partial charge in [-0.15, -0.1) is 0 Å². The molecule has 1 aromatic carbocycles. The lowest BCUT2D eigenvalue weighted by atomic mass is 9.95. The van der Waals surface area contributed by atoms with Crippen LogP contribution in [0, 0.1) is 6.92 Å². The van der Waals surface area contributed by atoms with E-state index in [1.54, 1.807) is 15.4 Å². The maximum atomic E-state index is 13.2. The first-order chi connectivity index (χ1) is 14.6. The number of rotatable bonds is 4. The lowest BCUT2D eigenvalue weighted by Crippen LogP contribution is -2.38. The minimum absolute atomic E-state index is 0.0303. The first kappa shape index (κ1) is 19.4. The van der Waals surface area contributed by atoms with E-state index >= 15 is 0 Å². The summed E-state index contributed by atoms with van der Waals surface area (Å²) in [6.45, 7) is 2.03. The fourth-order valence-electron chi connectivity index (χ4n) is 4.40. The maximum absolute atomic E-state index is 13.2. The zero-order chi connectivity index (χ0) is 20.7. The Balaban J connectivity index is 1.42. The van der Waals surface area contributed by atoms with Gasteiger partial charge < -0.3 is 5.32 Å². The van der Waals surface area contributed by atoms with Gasteiger partial charge in [-0.3, -0.25) is 14.2 Å². The van der Waals surface area contributed by atoms with Crippen LogP contribution >= 0.6 is 11.8 Å². The third-order valence-corrected chi connectivity index (χ3v) is 7.14. The second-order valence-corrected chi connectivity index (χ2v) is 9.26. The molecule has 3 heterocycles. The fraction of sp³-hybridized carbons (Fsp3) is 0.455. The third-order valence-electron chi connectivity index (χ3n) is 6.04. The van der Waals surface area contributed by atoms with Gasteiger partial charge in [0.1, 0.15) is 5.39 Å². The number of hydrogen-bond acceptors (Lipinski definition) is 5. The summed E-state index contributed by atoms with van der Waals surface area (Å²) in [7, 11) is 0. The van der Waals surface area contributed by atoms with Gasteiger partial charge in [-0.2, -0.15) is 5.10 Å². The molecule has 1 amide bonds. The molecule has 30 heavy (non-hydrogen) atoms. The largest absolute Gasteiger partial charge is 0.353 e. The second-order valence-electron chi connectivity index (χ2n) is 8.27. The lowest BCUT2D eigenvalue weighted by molar-refractivity contribution is -0.122. The van der Waals surface area contributed by atoms with Gasteiger partial charge in [0.2, 0.25) is 5.91 Å². The van der Waals surface area contributed by atoms with Crippen molar-refractivity contribution in [2.24, 2.45) is 0 Å². The van der Waals surface area contributed by atoms with E-state index in [0.717, 1.165) is 24.1 Å². The van der Waals surface area contributed by atoms with Crippen molar-refractivity contribution in [3.63, 3.8) is 0 Å². The normalized spacial score (nSPS) is 19.2. The van der Waals surface area contributed by atoms with Crippen molar-refractivity contribution in [3.05, 3.63) is 46.4 Å². The minimum Gasteiger partial charge on any atom is -0.353 e. The van der Waals surface area contributed by atoms with Crippen LogP contribution in [0.25, 0.3) is 16.7 Å². The maximum Gasteiger partial charge on any atom is 0.265 e. The summed E-state index contributed by atoms with van der Waals surface area (Å²) < 4.78 is 3.40. The number of nitrogens with zero attached hydrogens (tertiary/aromatic N) is 4. The summed E-state index contributed by atoms with van der Waals surface area (Å²) in [5.41, 5.74) is 2.48. The second kappa shape index (κ2) is 7.91. The van der Waals surface area contributed by atoms with E-state index in [1.165, 1.54) is 31.0 Å². The predicted octanol–water partition coefficient (Wildman–Crippen LogP) is 3.38. The molecule has 1 fully saturated rings. The number of carbonyl (C=O) groups excluding carboxylic acids is 1. The summed E-state index contributed by atoms with van der Waals surface area (Å²) in [6, 6.07) is 8.09. The van der Waals surface area contributed by atoms with Gasteiger partial charge in [-0.25, -0.2) is 9.67 Å². The van der Waals surface area contributed by atoms with Crippen LogP contribution < -0.4 is 10.9 Å². The molecule has 1 N–H and O–H groups in total. The Morgan fingerprint density at radius 2 is 1.97 bits per heavy atom. The average Bonchev–Trinajstić information content (AvgIpc) is 3.34. The van der Waals surface area contributed by atoms with E-state index in [-0.39, 0.29) is 23.6 Å². The number of hydrogen-bond donors (Lipinski definition) is 1. The molecule has 7 nitrogen and oxygen atoms in total. The van der Waals surface area contributed by atoms with Gasteiger partial charge in [-0.1, -0.05) is 48.7 Å². The molecule has 1 aliphatic carbocycles. The highest BCUT2D eigenvalue weighted by Crippen LogP contribution is 2.33. The highest BCUT2D eigenvalue weighted by atomic mass is 32.2. The number of amides is 1. The first-order valence-electron chi connectivity index (χ1n) is 10.6. The van der Waals surface area contributed by atoms with E-state index in [9.17, 15) is 9.59 Å². The van der Waals surface area contributed by atoms with E-state index in [1.807, 2.05) is 31.2 Å². The molecule has 0 bridgehead atoms. The molecule has 1 unspecified atom stereocenters. The van der Waals surface area contributed by atoms with Crippen molar-refractivity contribution in [2.45, 2.75) is 62.7 Å². The molecule has 2 aromatic heterocycles. The summed E-state index contributed by atoms with van der Waals surface area (Å²) in [4.78, 5) is 30.6. The van der Waals surface area contributed by atoms with Gasteiger partial charge in [0.25, 0.3) is 5.56 Å². The van der Waals surface area contributed by atoms with Crippen molar-refractivity contribution >= 4 is 28.7 Å². The summed E-state index contributed by atoms with van der Waals surface area (Å²) in [5, 5.41) is 8.72. The van der Waals surface area contributed by atoms with Crippen molar-refractivity contribution in [1.29, 1.82) is 0 Å². The molecule has 1 saturated carbocycles. The first-order valence-corrected chi connectivity index (χ1v) is 11.6. The van der Waals surface area contributed by atoms with E-state index < -0.39 is 0 Å². The average molecular weight is 424 g/mol. The molecule has 3 aromatic rings. The molecule has 156 valence electrons. The molecule has 0 radical (unpaired) electrons. The third kappa shape index (κ3) is 3.53. The Morgan fingerprint density at radius 1 is 1.20 bits per heavy atom. The quantitative estimate of drug-likeness (QED) is 0.651. The van der Waals surface area contributed by atoms with Gasteiger partial charge >= 0.3 is 0 Å². The number of aromatic nitrogens is 4. The number of fused-ring (bicyclic) bond motifs is 2. The van der Waals surface area contributed by atoms with Crippen LogP contribution in [-0.4, -0.2) is 37.0 Å². The Kier molecular flexibility index (Phi) is 5.10. The van der Waals surface area contributed by atoms with Crippen molar-refractivity contribution in [1.82, 2.24) is 24.6 Å². The molecule has 2 aliphatic rings. The number of benzene rings is 1. The Hall–Kier alpha value is -2.61. The van der Waals surface area contributed by atoms with Gasteiger partial charge in [0.15, 0.2) is 10.8 Å². The van der Waals surface area contributed by atoms with Crippen LogP contribution in [-0.2, 0) is 4.79 Å². The van der Waals surface area contributed by atoms with Gasteiger partial charge in [0.05, 0.1) is 17.9 Å². The molecule has 8 heteroatoms. The van der Waals surface area contributed by atoms with E-state index in [4.69, 9.17) is 4.98 Å². The number of thioether (sulfide) groups is 1. The molecular formula is C22H25N5O2S. The summed E-state index contributed by atoms with van der Waals surface area (Å²) >= 11 is 1.53. The number of aryl methyl sites for hydroxylation is 1. The molecule has 5 rings (SSSR count). The Bertz CT molecular complexity index is 1140. The molecule has 0 spiro atoms. The number of nitrogens with one attached hydrogen (secondary N) is 1. The molecule has 1 aliphatic heterocycles. The smallest absolute Gasteiger partial charge is 0.265 e. The standard InChI is InChI=1S/C22H25N5O2S/c1-14-7-9-16(10-8-14)27-20-18(12-23-27)21(29)26-17(13-30-22(26)25-20)11-19(28)24-15-5-3-2-4-6-15/h7-10,12,15,17H,2-6,11,13H2,1H3,(H,24,28). The fourth-order valence-corrected chi connectivity index (χ4v) is 5.53. The Morgan fingerprint density at radius 3 is 2.73 bits per heavy atom. The van der Waals surface area contributed by atoms with Crippen LogP contribution in [0.5, 0.6) is 0 Å². The van der Waals surface area contributed by atoms with Crippen molar-refractivity contribution in [3.8, 4) is 5.69 Å². The molecular weight excluding hydrogens is 398 g/mol. The van der Waals surface area contributed by atoms with Crippen molar-refractivity contribution < 1.29 is 4.79 Å². The topological polar surface area (TPSA) is 81.8 Å². The summed E-state index contributed by atoms with van der Waals surface area (Å²) in [5.74, 6) is 0.716. The highest BCUT2D eigenvalue weighted by molar-refractivity contribution is 7.99. The Labute approximate surface area is 178 Å². The number of carbonyl (C=O) groups is 1. The monoisotopic (exact) mass is 423 g/mol. The lowest BCUT2D eigenvalue weighted by Gasteiger charge is -2.23. The van der Waals surface area contributed by atoms with Crippen molar-refractivity contribution in [2.75, 3.05) is 5.75 Å². The zero-order valence-corrected chi connectivity index (χ0v) is 17.8. The van der Waals surface area contributed by atoms with Crippen LogP contribution in [0.4, 0.5) is 0 Å². The van der Waals surface area contributed by atoms with E-state index in [2.05, 4.69) is 10.4 Å². The van der Waals surface area contributed by atoms with Gasteiger partial charge in [-0.05, 0) is 31.9 Å². The van der Waals surface area contributed by atoms with Crippen LogP contribution in [0.15, 0.2) is 40.4 Å². The zero-order valence-electron chi connectivity index (χ0n) is 17.0. The summed E-state index contributed by atoms with van der Waals surface area (Å²) in [6.07, 6.45) is 7.63. The minimum atomic E-state index is -0.166. The van der Waals surface area contributed by atoms with Gasteiger partial charge in [0, 0.05) is 18.2 Å². The van der Waals surface area contributed by atoms with Crippen LogP contribution in [0.2, 0.25) is 0 Å².